The van der Waals surface area contributed by atoms with Gasteiger partial charge in [-0.05, 0) is 38.0 Å². The summed E-state index contributed by atoms with van der Waals surface area (Å²) >= 11 is 6.39. The molecule has 0 atom stereocenters. The molecule has 0 saturated carbocycles. The molecule has 25 heavy (non-hydrogen) atoms. The van der Waals surface area contributed by atoms with E-state index in [1.54, 1.807) is 4.90 Å². The van der Waals surface area contributed by atoms with Crippen molar-refractivity contribution in [3.63, 3.8) is 0 Å². The Morgan fingerprint density at radius 2 is 1.80 bits per heavy atom. The molecule has 3 rings (SSSR count). The third-order valence-corrected chi connectivity index (χ3v) is 4.59. The first-order valence-electron chi connectivity index (χ1n) is 8.30. The Morgan fingerprint density at radius 1 is 1.08 bits per heavy atom. The normalized spacial score (nSPS) is 14.6. The monoisotopic (exact) mass is 359 g/mol. The SMILES string of the molecule is Cc1cc(C)c(Nc2cc(N3CCN(C=O)CC3)nc(C)n2)c(Cl)c1. The first-order chi connectivity index (χ1) is 12.0. The lowest BCUT2D eigenvalue weighted by Crippen LogP contribution is -2.46. The van der Waals surface area contributed by atoms with Crippen molar-refractivity contribution in [2.45, 2.75) is 20.8 Å². The molecule has 0 radical (unpaired) electrons. The van der Waals surface area contributed by atoms with Crippen LogP contribution >= 0.6 is 11.6 Å². The Labute approximate surface area is 152 Å². The number of benzene rings is 1. The highest BCUT2D eigenvalue weighted by molar-refractivity contribution is 6.33. The molecule has 2 aromatic rings. The zero-order valence-corrected chi connectivity index (χ0v) is 15.5. The van der Waals surface area contributed by atoms with Crippen LogP contribution in [0.1, 0.15) is 17.0 Å². The summed E-state index contributed by atoms with van der Waals surface area (Å²) in [4.78, 5) is 23.8. The van der Waals surface area contributed by atoms with Gasteiger partial charge in [0.15, 0.2) is 0 Å². The Hall–Kier alpha value is -2.34. The molecule has 1 N–H and O–H groups in total. The van der Waals surface area contributed by atoms with Crippen molar-refractivity contribution in [3.8, 4) is 0 Å². The largest absolute Gasteiger partial charge is 0.353 e. The summed E-state index contributed by atoms with van der Waals surface area (Å²) < 4.78 is 0. The summed E-state index contributed by atoms with van der Waals surface area (Å²) in [7, 11) is 0. The van der Waals surface area contributed by atoms with Gasteiger partial charge < -0.3 is 15.1 Å². The lowest BCUT2D eigenvalue weighted by atomic mass is 10.1. The van der Waals surface area contributed by atoms with E-state index in [0.717, 1.165) is 42.1 Å². The number of aromatic nitrogens is 2. The van der Waals surface area contributed by atoms with Gasteiger partial charge in [0.05, 0.1) is 10.7 Å². The number of nitrogens with zero attached hydrogens (tertiary/aromatic N) is 4. The molecule has 0 bridgehead atoms. The molecule has 1 aromatic carbocycles. The standard InChI is InChI=1S/C18H22ClN5O/c1-12-8-13(2)18(15(19)9-12)22-16-10-17(21-14(3)20-16)24-6-4-23(11-25)5-7-24/h8-11H,4-7H2,1-3H3,(H,20,21,22). The average molecular weight is 360 g/mol. The van der Waals surface area contributed by atoms with E-state index in [9.17, 15) is 4.79 Å². The molecule has 6 nitrogen and oxygen atoms in total. The van der Waals surface area contributed by atoms with Gasteiger partial charge in [-0.2, -0.15) is 0 Å². The van der Waals surface area contributed by atoms with E-state index in [2.05, 4.69) is 26.3 Å². The second-order valence-electron chi connectivity index (χ2n) is 6.35. The van der Waals surface area contributed by atoms with Crippen LogP contribution in [0.15, 0.2) is 18.2 Å². The second kappa shape index (κ2) is 7.27. The van der Waals surface area contributed by atoms with E-state index < -0.39 is 0 Å². The first kappa shape index (κ1) is 17.5. The molecule has 1 amide bonds. The van der Waals surface area contributed by atoms with Crippen molar-refractivity contribution in [1.29, 1.82) is 0 Å². The Morgan fingerprint density at radius 3 is 2.44 bits per heavy atom. The Bertz CT molecular complexity index is 764. The quantitative estimate of drug-likeness (QED) is 0.850. The van der Waals surface area contributed by atoms with E-state index in [1.807, 2.05) is 32.9 Å². The van der Waals surface area contributed by atoms with Crippen LogP contribution in [0.25, 0.3) is 0 Å². The number of halogens is 1. The predicted molar refractivity (Wildman–Crippen MR) is 101 cm³/mol. The van der Waals surface area contributed by atoms with E-state index >= 15 is 0 Å². The van der Waals surface area contributed by atoms with Gasteiger partial charge in [0.2, 0.25) is 6.41 Å². The van der Waals surface area contributed by atoms with Crippen molar-refractivity contribution in [2.24, 2.45) is 0 Å². The molecule has 1 aliphatic rings. The molecular formula is C18H22ClN5O. The van der Waals surface area contributed by atoms with Crippen LogP contribution in [0.5, 0.6) is 0 Å². The Kier molecular flexibility index (Phi) is 5.08. The van der Waals surface area contributed by atoms with E-state index in [0.29, 0.717) is 29.8 Å². The molecule has 1 saturated heterocycles. The average Bonchev–Trinajstić information content (AvgIpc) is 2.58. The number of hydrogen-bond acceptors (Lipinski definition) is 5. The highest BCUT2D eigenvalue weighted by Crippen LogP contribution is 2.30. The van der Waals surface area contributed by atoms with Gasteiger partial charge in [0, 0.05) is 32.2 Å². The van der Waals surface area contributed by atoms with Crippen LogP contribution in [0.2, 0.25) is 5.02 Å². The maximum absolute atomic E-state index is 10.9. The van der Waals surface area contributed by atoms with E-state index in [-0.39, 0.29) is 0 Å². The van der Waals surface area contributed by atoms with Crippen LogP contribution in [0, 0.1) is 20.8 Å². The summed E-state index contributed by atoms with van der Waals surface area (Å²) in [5.74, 6) is 2.27. The van der Waals surface area contributed by atoms with Crippen molar-refractivity contribution in [3.05, 3.63) is 40.2 Å². The highest BCUT2D eigenvalue weighted by atomic mass is 35.5. The minimum Gasteiger partial charge on any atom is -0.353 e. The molecule has 0 aliphatic carbocycles. The summed E-state index contributed by atoms with van der Waals surface area (Å²) in [6.45, 7) is 8.86. The van der Waals surface area contributed by atoms with Crippen LogP contribution in [0.3, 0.4) is 0 Å². The number of carbonyl (C=O) groups excluding carboxylic acids is 1. The number of nitrogens with one attached hydrogen (secondary N) is 1. The van der Waals surface area contributed by atoms with Crippen LogP contribution in [0.4, 0.5) is 17.3 Å². The lowest BCUT2D eigenvalue weighted by Gasteiger charge is -2.33. The van der Waals surface area contributed by atoms with Crippen molar-refractivity contribution in [1.82, 2.24) is 14.9 Å². The van der Waals surface area contributed by atoms with Crippen LogP contribution < -0.4 is 10.2 Å². The third-order valence-electron chi connectivity index (χ3n) is 4.30. The van der Waals surface area contributed by atoms with Crippen LogP contribution in [-0.2, 0) is 4.79 Å². The van der Waals surface area contributed by atoms with E-state index in [4.69, 9.17) is 11.6 Å². The minimum absolute atomic E-state index is 0.676. The number of anilines is 3. The zero-order valence-electron chi connectivity index (χ0n) is 14.7. The topological polar surface area (TPSA) is 61.4 Å². The second-order valence-corrected chi connectivity index (χ2v) is 6.76. The smallest absolute Gasteiger partial charge is 0.209 e. The van der Waals surface area contributed by atoms with Crippen molar-refractivity contribution >= 4 is 35.3 Å². The molecular weight excluding hydrogens is 338 g/mol. The fourth-order valence-corrected chi connectivity index (χ4v) is 3.40. The number of hydrogen-bond donors (Lipinski definition) is 1. The molecule has 1 aliphatic heterocycles. The van der Waals surface area contributed by atoms with Gasteiger partial charge in [-0.25, -0.2) is 9.97 Å². The summed E-state index contributed by atoms with van der Waals surface area (Å²) in [5.41, 5.74) is 3.06. The summed E-state index contributed by atoms with van der Waals surface area (Å²) in [6, 6.07) is 5.95. The Balaban J connectivity index is 1.84. The number of piperazine rings is 1. The maximum atomic E-state index is 10.9. The lowest BCUT2D eigenvalue weighted by molar-refractivity contribution is -0.118. The predicted octanol–water partition coefficient (Wildman–Crippen LogP) is 3.08. The zero-order chi connectivity index (χ0) is 18.0. The fourth-order valence-electron chi connectivity index (χ4n) is 3.04. The van der Waals surface area contributed by atoms with Crippen molar-refractivity contribution < 1.29 is 4.79 Å². The number of rotatable bonds is 4. The van der Waals surface area contributed by atoms with Gasteiger partial charge in [-0.1, -0.05) is 17.7 Å². The van der Waals surface area contributed by atoms with Gasteiger partial charge in [-0.15, -0.1) is 0 Å². The van der Waals surface area contributed by atoms with Crippen molar-refractivity contribution in [2.75, 3.05) is 36.4 Å². The molecule has 0 unspecified atom stereocenters. The number of carbonyl (C=O) groups is 1. The number of aryl methyl sites for hydroxylation is 3. The van der Waals surface area contributed by atoms with Gasteiger partial charge in [0.1, 0.15) is 17.5 Å². The number of amides is 1. The summed E-state index contributed by atoms with van der Waals surface area (Å²) in [5, 5.41) is 4.01. The molecule has 1 fully saturated rings. The molecule has 132 valence electrons. The maximum Gasteiger partial charge on any atom is 0.209 e. The van der Waals surface area contributed by atoms with Gasteiger partial charge in [-0.3, -0.25) is 4.79 Å². The minimum atomic E-state index is 0.676. The summed E-state index contributed by atoms with van der Waals surface area (Å²) in [6.07, 6.45) is 0.901. The van der Waals surface area contributed by atoms with E-state index in [1.165, 1.54) is 0 Å². The van der Waals surface area contributed by atoms with Gasteiger partial charge >= 0.3 is 0 Å². The first-order valence-corrected chi connectivity index (χ1v) is 8.68. The van der Waals surface area contributed by atoms with Crippen LogP contribution in [-0.4, -0.2) is 47.5 Å². The molecule has 1 aromatic heterocycles. The molecule has 7 heteroatoms. The highest BCUT2D eigenvalue weighted by Gasteiger charge is 2.18. The molecule has 2 heterocycles. The van der Waals surface area contributed by atoms with Gasteiger partial charge in [0.25, 0.3) is 0 Å². The fraction of sp³-hybridized carbons (Fsp3) is 0.389. The molecule has 0 spiro atoms. The third kappa shape index (κ3) is 4.02.